The van der Waals surface area contributed by atoms with Crippen molar-refractivity contribution in [1.82, 2.24) is 9.97 Å². The molecule has 0 radical (unpaired) electrons. The molecule has 0 aliphatic rings. The molecule has 4 nitrogen and oxygen atoms in total. The van der Waals surface area contributed by atoms with E-state index in [0.717, 1.165) is 17.0 Å². The Balaban J connectivity index is 2.05. The molecule has 0 unspecified atom stereocenters. The highest BCUT2D eigenvalue weighted by atomic mass is 32.1. The minimum absolute atomic E-state index is 0.345. The summed E-state index contributed by atoms with van der Waals surface area (Å²) < 4.78 is 38.5. The van der Waals surface area contributed by atoms with Crippen LogP contribution < -0.4 is 11.1 Å². The monoisotopic (exact) mass is 324 g/mol. The Hall–Kier alpha value is -2.35. The number of fused-ring (bicyclic) bond motifs is 1. The van der Waals surface area contributed by atoms with Crippen LogP contribution in [0.4, 0.5) is 24.9 Å². The van der Waals surface area contributed by atoms with Crippen molar-refractivity contribution in [3.8, 4) is 10.4 Å². The van der Waals surface area contributed by atoms with Gasteiger partial charge in [-0.3, -0.25) is 0 Å². The van der Waals surface area contributed by atoms with Crippen LogP contribution in [0.25, 0.3) is 20.7 Å². The third kappa shape index (κ3) is 2.57. The number of nitrogens with two attached hydrogens (primary N) is 1. The Kier molecular flexibility index (Phi) is 3.40. The topological polar surface area (TPSA) is 63.8 Å². The Morgan fingerprint density at radius 3 is 2.41 bits per heavy atom. The number of hydrogen-bond acceptors (Lipinski definition) is 5. The lowest BCUT2D eigenvalue weighted by atomic mass is 10.1. The summed E-state index contributed by atoms with van der Waals surface area (Å²) in [5, 5.41) is 2.81. The van der Waals surface area contributed by atoms with Crippen LogP contribution in [0.1, 0.15) is 5.56 Å². The van der Waals surface area contributed by atoms with E-state index >= 15 is 0 Å². The third-order valence-electron chi connectivity index (χ3n) is 3.12. The summed E-state index contributed by atoms with van der Waals surface area (Å²) in [6.07, 6.45) is -4.34. The zero-order valence-electron chi connectivity index (χ0n) is 11.4. The summed E-state index contributed by atoms with van der Waals surface area (Å²) in [5.74, 6) is 0.749. The number of aromatic nitrogens is 2. The lowest BCUT2D eigenvalue weighted by molar-refractivity contribution is -0.137. The summed E-state index contributed by atoms with van der Waals surface area (Å²) in [5.41, 5.74) is 6.55. The fourth-order valence-corrected chi connectivity index (χ4v) is 3.03. The second-order valence-electron chi connectivity index (χ2n) is 4.58. The smallest absolute Gasteiger partial charge is 0.382 e. The highest BCUT2D eigenvalue weighted by Gasteiger charge is 2.30. The van der Waals surface area contributed by atoms with Crippen LogP contribution in [0, 0.1) is 0 Å². The molecule has 0 saturated heterocycles. The number of nitrogens with zero attached hydrogens (tertiary/aromatic N) is 2. The van der Waals surface area contributed by atoms with Crippen LogP contribution in [-0.2, 0) is 6.18 Å². The quantitative estimate of drug-likeness (QED) is 0.748. The van der Waals surface area contributed by atoms with Gasteiger partial charge >= 0.3 is 6.18 Å². The summed E-state index contributed by atoms with van der Waals surface area (Å²) in [6.45, 7) is 0. The molecule has 0 aliphatic heterocycles. The maximum atomic E-state index is 12.6. The van der Waals surface area contributed by atoms with Crippen LogP contribution in [-0.4, -0.2) is 17.0 Å². The predicted molar refractivity (Wildman–Crippen MR) is 81.8 cm³/mol. The molecule has 3 rings (SSSR count). The number of anilines is 2. The Bertz CT molecular complexity index is 824. The first-order valence-electron chi connectivity index (χ1n) is 6.31. The third-order valence-corrected chi connectivity index (χ3v) is 4.31. The van der Waals surface area contributed by atoms with Crippen LogP contribution >= 0.6 is 11.3 Å². The first-order chi connectivity index (χ1) is 10.4. The molecule has 0 amide bonds. The molecule has 22 heavy (non-hydrogen) atoms. The second-order valence-corrected chi connectivity index (χ2v) is 5.63. The van der Waals surface area contributed by atoms with Gasteiger partial charge in [-0.05, 0) is 23.8 Å². The van der Waals surface area contributed by atoms with Crippen molar-refractivity contribution in [2.45, 2.75) is 6.18 Å². The molecular formula is C14H11F3N4S. The molecule has 0 spiro atoms. The molecule has 0 aliphatic carbocycles. The summed E-state index contributed by atoms with van der Waals surface area (Å²) in [7, 11) is 1.68. The Morgan fingerprint density at radius 1 is 1.14 bits per heavy atom. The molecule has 2 heterocycles. The molecule has 0 saturated carbocycles. The SMILES string of the molecule is CNc1nc(N)c2sc(-c3ccc(C(F)(F)F)cc3)cc2n1. The maximum Gasteiger partial charge on any atom is 0.416 e. The predicted octanol–water partition coefficient (Wildman–Crippen LogP) is 4.00. The van der Waals surface area contributed by atoms with E-state index < -0.39 is 11.7 Å². The van der Waals surface area contributed by atoms with Crippen LogP contribution in [0.15, 0.2) is 30.3 Å². The second kappa shape index (κ2) is 5.13. The van der Waals surface area contributed by atoms with Gasteiger partial charge in [-0.15, -0.1) is 11.3 Å². The van der Waals surface area contributed by atoms with Gasteiger partial charge in [0.25, 0.3) is 0 Å². The van der Waals surface area contributed by atoms with E-state index in [4.69, 9.17) is 5.73 Å². The first-order valence-corrected chi connectivity index (χ1v) is 7.12. The lowest BCUT2D eigenvalue weighted by Crippen LogP contribution is -2.03. The van der Waals surface area contributed by atoms with Crippen molar-refractivity contribution in [3.63, 3.8) is 0 Å². The molecule has 1 aromatic carbocycles. The summed E-state index contributed by atoms with van der Waals surface area (Å²) >= 11 is 1.35. The minimum atomic E-state index is -4.34. The summed E-state index contributed by atoms with van der Waals surface area (Å²) in [6, 6.07) is 6.80. The highest BCUT2D eigenvalue weighted by Crippen LogP contribution is 2.37. The zero-order chi connectivity index (χ0) is 15.9. The molecule has 8 heteroatoms. The van der Waals surface area contributed by atoms with E-state index in [9.17, 15) is 13.2 Å². The van der Waals surface area contributed by atoms with Gasteiger partial charge in [0.2, 0.25) is 5.95 Å². The molecule has 3 aromatic rings. The van der Waals surface area contributed by atoms with Gasteiger partial charge in [0.1, 0.15) is 5.82 Å². The minimum Gasteiger partial charge on any atom is -0.382 e. The molecular weight excluding hydrogens is 313 g/mol. The van der Waals surface area contributed by atoms with E-state index in [0.29, 0.717) is 27.5 Å². The van der Waals surface area contributed by atoms with E-state index in [-0.39, 0.29) is 0 Å². The van der Waals surface area contributed by atoms with Gasteiger partial charge in [0, 0.05) is 11.9 Å². The van der Waals surface area contributed by atoms with Gasteiger partial charge in [0.15, 0.2) is 0 Å². The summed E-state index contributed by atoms with van der Waals surface area (Å²) in [4.78, 5) is 9.17. The van der Waals surface area contributed by atoms with Crippen molar-refractivity contribution in [3.05, 3.63) is 35.9 Å². The van der Waals surface area contributed by atoms with E-state index in [2.05, 4.69) is 15.3 Å². The number of nitrogens with one attached hydrogen (secondary N) is 1. The maximum absolute atomic E-state index is 12.6. The van der Waals surface area contributed by atoms with Gasteiger partial charge in [-0.2, -0.15) is 18.2 Å². The number of hydrogen-bond donors (Lipinski definition) is 2. The van der Waals surface area contributed by atoms with Crippen molar-refractivity contribution >= 4 is 33.3 Å². The number of halogens is 3. The molecule has 0 fully saturated rings. The highest BCUT2D eigenvalue weighted by molar-refractivity contribution is 7.22. The average molecular weight is 324 g/mol. The van der Waals surface area contributed by atoms with E-state index in [1.165, 1.54) is 23.5 Å². The average Bonchev–Trinajstić information content (AvgIpc) is 2.91. The number of alkyl halides is 3. The van der Waals surface area contributed by atoms with Crippen molar-refractivity contribution in [2.75, 3.05) is 18.1 Å². The molecule has 2 aromatic heterocycles. The molecule has 0 atom stereocenters. The number of nitrogen functional groups attached to an aromatic ring is 1. The molecule has 0 bridgehead atoms. The molecule has 3 N–H and O–H groups in total. The fourth-order valence-electron chi connectivity index (χ4n) is 2.03. The number of benzene rings is 1. The molecule has 114 valence electrons. The van der Waals surface area contributed by atoms with Gasteiger partial charge in [0.05, 0.1) is 15.8 Å². The Labute approximate surface area is 127 Å². The number of rotatable bonds is 2. The first kappa shape index (κ1) is 14.6. The van der Waals surface area contributed by atoms with Crippen molar-refractivity contribution < 1.29 is 13.2 Å². The fraction of sp³-hybridized carbons (Fsp3) is 0.143. The normalized spacial score (nSPS) is 11.8. The van der Waals surface area contributed by atoms with Gasteiger partial charge in [-0.25, -0.2) is 4.98 Å². The van der Waals surface area contributed by atoms with Crippen molar-refractivity contribution in [2.24, 2.45) is 0 Å². The Morgan fingerprint density at radius 2 is 1.82 bits per heavy atom. The van der Waals surface area contributed by atoms with Crippen LogP contribution in [0.5, 0.6) is 0 Å². The lowest BCUT2D eigenvalue weighted by Gasteiger charge is -2.06. The van der Waals surface area contributed by atoms with Crippen molar-refractivity contribution in [1.29, 1.82) is 0 Å². The van der Waals surface area contributed by atoms with Crippen LogP contribution in [0.3, 0.4) is 0 Å². The van der Waals surface area contributed by atoms with Gasteiger partial charge < -0.3 is 11.1 Å². The largest absolute Gasteiger partial charge is 0.416 e. The standard InChI is InChI=1S/C14H11F3N4S/c1-19-13-20-9-6-10(22-11(9)12(18)21-13)7-2-4-8(5-3-7)14(15,16)17/h2-6H,1H3,(H3,18,19,20,21). The number of thiophene rings is 1. The van der Waals surface area contributed by atoms with Crippen LogP contribution in [0.2, 0.25) is 0 Å². The zero-order valence-corrected chi connectivity index (χ0v) is 12.2. The van der Waals surface area contributed by atoms with E-state index in [1.54, 1.807) is 13.1 Å². The van der Waals surface area contributed by atoms with Gasteiger partial charge in [-0.1, -0.05) is 12.1 Å². The van der Waals surface area contributed by atoms with E-state index in [1.807, 2.05) is 0 Å².